The van der Waals surface area contributed by atoms with Gasteiger partial charge in [0.05, 0.1) is 19.3 Å². The van der Waals surface area contributed by atoms with Crippen LogP contribution in [0.1, 0.15) is 342 Å². The second kappa shape index (κ2) is 50.8. The quantitative estimate of drug-likeness (QED) is 0.0344. The molecule has 0 aliphatic rings. The summed E-state index contributed by atoms with van der Waals surface area (Å²) < 4.78 is 0. The largest absolute Gasteiger partial charge is 0.378 e. The topological polar surface area (TPSA) is 78.9 Å². The van der Waals surface area contributed by atoms with E-state index in [1.54, 1.807) is 0 Å². The van der Waals surface area contributed by atoms with Crippen LogP contribution in [0, 0.1) is 0 Å². The van der Waals surface area contributed by atoms with E-state index in [1.165, 1.54) is 231 Å². The van der Waals surface area contributed by atoms with Crippen LogP contribution in [0.3, 0.4) is 0 Å². The highest BCUT2D eigenvalue weighted by Crippen LogP contribution is 2.22. The van der Waals surface area contributed by atoms with E-state index in [9.17, 15) is 14.4 Å². The lowest BCUT2D eigenvalue weighted by molar-refractivity contribution is -1.34. The van der Waals surface area contributed by atoms with Crippen LogP contribution < -0.4 is 0 Å². The van der Waals surface area contributed by atoms with Gasteiger partial charge in [0.1, 0.15) is 0 Å². The van der Waals surface area contributed by atoms with E-state index in [4.69, 9.17) is 14.5 Å². The summed E-state index contributed by atoms with van der Waals surface area (Å²) in [6.45, 7) is 8.82. The van der Waals surface area contributed by atoms with Crippen molar-refractivity contribution in [2.45, 2.75) is 342 Å². The minimum Gasteiger partial charge on any atom is -0.245 e. The molecule has 0 aromatic carbocycles. The van der Waals surface area contributed by atoms with Crippen molar-refractivity contribution in [1.82, 2.24) is 0 Å². The van der Waals surface area contributed by atoms with Crippen LogP contribution in [0.5, 0.6) is 0 Å². The van der Waals surface area contributed by atoms with Crippen molar-refractivity contribution in [2.24, 2.45) is 0 Å². The molecular formula is C57H112NO6+. The van der Waals surface area contributed by atoms with Crippen LogP contribution in [0.15, 0.2) is 0 Å². The fourth-order valence-electron chi connectivity index (χ4n) is 8.99. The summed E-state index contributed by atoms with van der Waals surface area (Å²) in [5, 5.41) is 0. The highest BCUT2D eigenvalue weighted by molar-refractivity contribution is 5.70. The Kier molecular flexibility index (Phi) is 49.5. The van der Waals surface area contributed by atoms with Gasteiger partial charge in [-0.25, -0.2) is 14.4 Å². The molecule has 0 unspecified atom stereocenters. The Bertz CT molecular complexity index is 870. The Morgan fingerprint density at radius 3 is 0.547 bits per heavy atom. The molecule has 0 N–H and O–H groups in total. The second-order valence-corrected chi connectivity index (χ2v) is 19.8. The van der Waals surface area contributed by atoms with E-state index in [1.807, 2.05) is 6.92 Å². The first-order chi connectivity index (χ1) is 31.4. The van der Waals surface area contributed by atoms with Gasteiger partial charge in [0.2, 0.25) is 11.5 Å². The Hall–Kier alpha value is -1.63. The molecule has 7 heteroatoms. The smallest absolute Gasteiger partial charge is 0.245 e. The normalized spacial score (nSPS) is 11.6. The molecule has 0 aliphatic carbocycles. The Labute approximate surface area is 399 Å². The average Bonchev–Trinajstić information content (AvgIpc) is 3.27. The molecule has 0 atom stereocenters. The van der Waals surface area contributed by atoms with Crippen molar-refractivity contribution in [3.8, 4) is 0 Å². The number of unbranched alkanes of at least 4 members (excludes halogenated alkanes) is 42. The lowest BCUT2D eigenvalue weighted by Crippen LogP contribution is -2.52. The molecule has 0 saturated carbocycles. The molecule has 0 fully saturated rings. The van der Waals surface area contributed by atoms with Gasteiger partial charge in [-0.05, 0) is 19.3 Å². The number of quaternary nitrogens is 1. The lowest BCUT2D eigenvalue weighted by Gasteiger charge is -2.26. The van der Waals surface area contributed by atoms with Gasteiger partial charge in [0, 0.05) is 6.42 Å². The van der Waals surface area contributed by atoms with Crippen LogP contribution in [0.4, 0.5) is 0 Å². The molecule has 0 bridgehead atoms. The molecule has 0 spiro atoms. The molecule has 0 amide bonds. The molecule has 0 aromatic rings. The predicted octanol–water partition coefficient (Wildman–Crippen LogP) is 19.4. The minimum absolute atomic E-state index is 0.0831. The van der Waals surface area contributed by atoms with Crippen molar-refractivity contribution in [3.63, 3.8) is 0 Å². The van der Waals surface area contributed by atoms with Crippen molar-refractivity contribution in [2.75, 3.05) is 6.54 Å². The van der Waals surface area contributed by atoms with E-state index in [2.05, 4.69) is 20.8 Å². The molecule has 0 saturated heterocycles. The van der Waals surface area contributed by atoms with E-state index in [0.717, 1.165) is 38.5 Å². The van der Waals surface area contributed by atoms with Gasteiger partial charge in [-0.3, -0.25) is 0 Å². The van der Waals surface area contributed by atoms with Crippen LogP contribution in [-0.2, 0) is 28.9 Å². The van der Waals surface area contributed by atoms with E-state index in [-0.39, 0.29) is 25.8 Å². The summed E-state index contributed by atoms with van der Waals surface area (Å²) >= 11 is 0. The molecule has 0 radical (unpaired) electrons. The Balaban J connectivity index is 4.67. The second-order valence-electron chi connectivity index (χ2n) is 19.8. The summed E-state index contributed by atoms with van der Waals surface area (Å²) in [5.74, 6) is -1.45. The molecule has 0 aliphatic heterocycles. The zero-order chi connectivity index (χ0) is 46.7. The monoisotopic (exact) mass is 907 g/mol. The fraction of sp³-hybridized carbons (Fsp3) is 0.947. The van der Waals surface area contributed by atoms with Gasteiger partial charge in [0.25, 0.3) is 0 Å². The molecule has 64 heavy (non-hydrogen) atoms. The minimum atomic E-state index is -1.12. The number of hydrogen-bond donors (Lipinski definition) is 0. The lowest BCUT2D eigenvalue weighted by atomic mass is 10.0. The molecule has 7 nitrogen and oxygen atoms in total. The summed E-state index contributed by atoms with van der Waals surface area (Å²) in [6.07, 6.45) is 57.6. The maximum Gasteiger partial charge on any atom is 0.378 e. The highest BCUT2D eigenvalue weighted by Gasteiger charge is 2.44. The summed E-state index contributed by atoms with van der Waals surface area (Å²) in [7, 11) is 0. The van der Waals surface area contributed by atoms with E-state index in [0.29, 0.717) is 25.7 Å². The van der Waals surface area contributed by atoms with Gasteiger partial charge in [-0.1, -0.05) is 297 Å². The van der Waals surface area contributed by atoms with Gasteiger partial charge in [-0.15, -0.1) is 0 Å². The number of rotatable bonds is 53. The summed E-state index contributed by atoms with van der Waals surface area (Å²) in [4.78, 5) is 56.0. The van der Waals surface area contributed by atoms with Crippen LogP contribution >= 0.6 is 0 Å². The zero-order valence-electron chi connectivity index (χ0n) is 43.8. The summed E-state index contributed by atoms with van der Waals surface area (Å²) in [6, 6.07) is 0. The Morgan fingerprint density at radius 1 is 0.234 bits per heavy atom. The number of hydroxylamine groups is 3. The average molecular weight is 908 g/mol. The SMILES string of the molecule is CCCCCCCCCCCCCCCCCC(=O)O[N+](CCC)(OC(=O)CCCCCCCCCCCCCCCCC)OC(=O)CCCCCCCCCCCCCCCCC. The van der Waals surface area contributed by atoms with Gasteiger partial charge >= 0.3 is 17.9 Å². The standard InChI is InChI=1S/C57H112NO6/c1-5-9-12-15-18-21-24-27-30-33-36-39-42-45-48-51-55(59)62-58(54-8-4,63-56(60)52-49-46-43-40-37-34-31-28-25-22-19-16-13-10-6-2)64-57(61)53-50-47-44-41-38-35-32-29-26-23-20-17-14-11-7-3/h5-54H2,1-4H3/q+1. The molecule has 380 valence electrons. The highest BCUT2D eigenvalue weighted by atomic mass is 17.2. The number of carbonyl (C=O) groups is 3. The van der Waals surface area contributed by atoms with Crippen molar-refractivity contribution in [1.29, 1.82) is 0 Å². The van der Waals surface area contributed by atoms with E-state index >= 15 is 0 Å². The van der Waals surface area contributed by atoms with E-state index < -0.39 is 22.9 Å². The fourth-order valence-corrected chi connectivity index (χ4v) is 8.99. The Morgan fingerprint density at radius 2 is 0.391 bits per heavy atom. The van der Waals surface area contributed by atoms with Crippen LogP contribution in [0.2, 0.25) is 0 Å². The molecule has 0 rings (SSSR count). The van der Waals surface area contributed by atoms with Crippen LogP contribution in [0.25, 0.3) is 0 Å². The molecule has 0 heterocycles. The van der Waals surface area contributed by atoms with Crippen molar-refractivity contribution < 1.29 is 33.9 Å². The maximum atomic E-state index is 13.2. The first-order valence-electron chi connectivity index (χ1n) is 29.0. The maximum absolute atomic E-state index is 13.2. The van der Waals surface area contributed by atoms with Gasteiger partial charge in [0.15, 0.2) is 0 Å². The summed E-state index contributed by atoms with van der Waals surface area (Å²) in [5.41, 5.74) is 0. The van der Waals surface area contributed by atoms with Crippen molar-refractivity contribution in [3.05, 3.63) is 0 Å². The molecular weight excluding hydrogens is 795 g/mol. The number of carbonyl (C=O) groups excluding carboxylic acids is 3. The zero-order valence-corrected chi connectivity index (χ0v) is 43.8. The number of hydrogen-bond acceptors (Lipinski definition) is 6. The van der Waals surface area contributed by atoms with Gasteiger partial charge < -0.3 is 0 Å². The third kappa shape index (κ3) is 45.5. The predicted molar refractivity (Wildman–Crippen MR) is 272 cm³/mol. The first-order valence-corrected chi connectivity index (χ1v) is 29.0. The van der Waals surface area contributed by atoms with Crippen molar-refractivity contribution >= 4 is 17.9 Å². The van der Waals surface area contributed by atoms with Crippen LogP contribution in [-0.4, -0.2) is 29.4 Å². The third-order valence-electron chi connectivity index (χ3n) is 13.2. The molecule has 0 aromatic heterocycles. The number of nitrogens with zero attached hydrogens (tertiary/aromatic N) is 1. The third-order valence-corrected chi connectivity index (χ3v) is 13.2. The first kappa shape index (κ1) is 62.4. The van der Waals surface area contributed by atoms with Gasteiger partial charge in [-0.2, -0.15) is 14.5 Å².